The summed E-state index contributed by atoms with van der Waals surface area (Å²) in [6.07, 6.45) is -3.14. The minimum absolute atomic E-state index is 0.160. The monoisotopic (exact) mass is 474 g/mol. The molecule has 1 amide bonds. The number of nitrogens with zero attached hydrogens (tertiary/aromatic N) is 1. The highest BCUT2D eigenvalue weighted by Gasteiger charge is 2.30. The Morgan fingerprint density at radius 2 is 1.70 bits per heavy atom. The summed E-state index contributed by atoms with van der Waals surface area (Å²) < 4.78 is 38.5. The second-order valence-electron chi connectivity index (χ2n) is 7.85. The molecule has 3 nitrogen and oxygen atoms in total. The van der Waals surface area contributed by atoms with Crippen LogP contribution in [0.5, 0.6) is 0 Å². The van der Waals surface area contributed by atoms with Crippen molar-refractivity contribution in [2.45, 2.75) is 32.0 Å². The van der Waals surface area contributed by atoms with Crippen LogP contribution < -0.4 is 10.2 Å². The van der Waals surface area contributed by atoms with E-state index in [1.165, 1.54) is 12.1 Å². The molecular formula is C26H26ClF3N2O. The van der Waals surface area contributed by atoms with E-state index in [4.69, 9.17) is 11.6 Å². The Morgan fingerprint density at radius 3 is 2.27 bits per heavy atom. The lowest BCUT2D eigenvalue weighted by atomic mass is 10.0. The summed E-state index contributed by atoms with van der Waals surface area (Å²) in [5.74, 6) is -0.160. The largest absolute Gasteiger partial charge is 0.416 e. The molecule has 0 heterocycles. The third-order valence-corrected chi connectivity index (χ3v) is 5.96. The number of benzene rings is 3. The lowest BCUT2D eigenvalue weighted by molar-refractivity contribution is -0.137. The lowest BCUT2D eigenvalue weighted by Gasteiger charge is -2.33. The number of likely N-dealkylation sites (N-methyl/N-ethyl adjacent to an activating group) is 1. The van der Waals surface area contributed by atoms with Crippen LogP contribution in [0.3, 0.4) is 0 Å². The fourth-order valence-electron chi connectivity index (χ4n) is 3.73. The van der Waals surface area contributed by atoms with Gasteiger partial charge in [0.1, 0.15) is 6.04 Å². The van der Waals surface area contributed by atoms with Crippen molar-refractivity contribution in [1.29, 1.82) is 0 Å². The molecule has 33 heavy (non-hydrogen) atoms. The minimum atomic E-state index is -4.35. The maximum Gasteiger partial charge on any atom is 0.416 e. The summed E-state index contributed by atoms with van der Waals surface area (Å²) in [5.41, 5.74) is 2.71. The van der Waals surface area contributed by atoms with E-state index in [9.17, 15) is 18.0 Å². The van der Waals surface area contributed by atoms with Crippen LogP contribution >= 0.6 is 11.6 Å². The average molecular weight is 475 g/mol. The number of carbonyl (C=O) groups is 1. The van der Waals surface area contributed by atoms with Crippen molar-refractivity contribution in [3.63, 3.8) is 0 Å². The normalized spacial score (nSPS) is 12.3. The molecule has 3 aromatic rings. The standard InChI is InChI=1S/C26H26ClF3N2O/c1-18-10-15-22(17-23(18)27)32(24(25(33)31-2)20-8-4-3-5-9-20)16-6-7-19-11-13-21(14-12-19)26(28,29)30/h3-5,8-15,17,24H,6-7,16H2,1-2H3,(H,31,33). The molecule has 0 aliphatic carbocycles. The highest BCUT2D eigenvalue weighted by molar-refractivity contribution is 6.31. The summed E-state index contributed by atoms with van der Waals surface area (Å²) in [7, 11) is 1.60. The zero-order valence-electron chi connectivity index (χ0n) is 18.5. The Labute approximate surface area is 197 Å². The van der Waals surface area contributed by atoms with Crippen LogP contribution in [0.15, 0.2) is 72.8 Å². The highest BCUT2D eigenvalue weighted by atomic mass is 35.5. The van der Waals surface area contributed by atoms with Crippen molar-refractivity contribution in [2.24, 2.45) is 0 Å². The second kappa shape index (κ2) is 10.8. The molecule has 0 saturated carbocycles. The van der Waals surface area contributed by atoms with E-state index in [1.807, 2.05) is 60.4 Å². The number of hydrogen-bond acceptors (Lipinski definition) is 2. The molecule has 0 fully saturated rings. The molecule has 0 aliphatic rings. The average Bonchev–Trinajstić information content (AvgIpc) is 2.80. The zero-order valence-corrected chi connectivity index (χ0v) is 19.3. The third-order valence-electron chi connectivity index (χ3n) is 5.55. The van der Waals surface area contributed by atoms with Gasteiger partial charge in [-0.3, -0.25) is 4.79 Å². The number of hydrogen-bond donors (Lipinski definition) is 1. The zero-order chi connectivity index (χ0) is 24.0. The van der Waals surface area contributed by atoms with Gasteiger partial charge in [0, 0.05) is 24.3 Å². The van der Waals surface area contributed by atoms with E-state index >= 15 is 0 Å². The Hall–Kier alpha value is -2.99. The van der Waals surface area contributed by atoms with Crippen LogP contribution in [0.1, 0.15) is 34.7 Å². The third kappa shape index (κ3) is 6.29. The molecule has 1 unspecified atom stereocenters. The molecule has 1 N–H and O–H groups in total. The minimum Gasteiger partial charge on any atom is -0.357 e. The fraction of sp³-hybridized carbons (Fsp3) is 0.269. The maximum atomic E-state index is 13.0. The van der Waals surface area contributed by atoms with Crippen molar-refractivity contribution >= 4 is 23.2 Å². The molecule has 0 aliphatic heterocycles. The summed E-state index contributed by atoms with van der Waals surface area (Å²) in [6.45, 7) is 2.42. The molecule has 0 aromatic heterocycles. The molecule has 0 spiro atoms. The van der Waals surface area contributed by atoms with Crippen molar-refractivity contribution in [3.05, 3.63) is 100 Å². The molecule has 1 atom stereocenters. The van der Waals surface area contributed by atoms with Crippen LogP contribution in [-0.2, 0) is 17.4 Å². The maximum absolute atomic E-state index is 13.0. The Balaban J connectivity index is 1.87. The lowest BCUT2D eigenvalue weighted by Crippen LogP contribution is -2.40. The molecule has 174 valence electrons. The Morgan fingerprint density at radius 1 is 1.03 bits per heavy atom. The van der Waals surface area contributed by atoms with E-state index in [-0.39, 0.29) is 5.91 Å². The van der Waals surface area contributed by atoms with Crippen LogP contribution in [0, 0.1) is 6.92 Å². The number of aryl methyl sites for hydroxylation is 2. The van der Waals surface area contributed by atoms with Gasteiger partial charge in [0.05, 0.1) is 5.56 Å². The van der Waals surface area contributed by atoms with Gasteiger partial charge in [-0.1, -0.05) is 60.1 Å². The van der Waals surface area contributed by atoms with E-state index in [1.54, 1.807) is 7.05 Å². The van der Waals surface area contributed by atoms with Gasteiger partial charge in [-0.05, 0) is 60.7 Å². The van der Waals surface area contributed by atoms with E-state index < -0.39 is 17.8 Å². The molecule has 7 heteroatoms. The first-order valence-electron chi connectivity index (χ1n) is 10.7. The number of anilines is 1. The number of nitrogens with one attached hydrogen (secondary N) is 1. The van der Waals surface area contributed by atoms with Gasteiger partial charge in [0.2, 0.25) is 5.91 Å². The highest BCUT2D eigenvalue weighted by Crippen LogP contribution is 2.32. The quantitative estimate of drug-likeness (QED) is 0.399. The molecule has 3 aromatic carbocycles. The summed E-state index contributed by atoms with van der Waals surface area (Å²) >= 11 is 6.38. The fourth-order valence-corrected chi connectivity index (χ4v) is 3.90. The van der Waals surface area contributed by atoms with Crippen molar-refractivity contribution in [3.8, 4) is 0 Å². The van der Waals surface area contributed by atoms with E-state index in [2.05, 4.69) is 5.32 Å². The Bertz CT molecular complexity index is 1070. The van der Waals surface area contributed by atoms with Gasteiger partial charge in [-0.2, -0.15) is 13.2 Å². The SMILES string of the molecule is CNC(=O)C(c1ccccc1)N(CCCc1ccc(C(F)(F)F)cc1)c1ccc(C)c(Cl)c1. The van der Waals surface area contributed by atoms with E-state index in [0.29, 0.717) is 24.4 Å². The van der Waals surface area contributed by atoms with Crippen LogP contribution in [0.2, 0.25) is 5.02 Å². The summed E-state index contributed by atoms with van der Waals surface area (Å²) in [4.78, 5) is 14.9. The Kier molecular flexibility index (Phi) is 8.03. The first kappa shape index (κ1) is 24.6. The summed E-state index contributed by atoms with van der Waals surface area (Å²) in [5, 5.41) is 3.35. The van der Waals surface area contributed by atoms with Crippen molar-refractivity contribution in [2.75, 3.05) is 18.5 Å². The van der Waals surface area contributed by atoms with E-state index in [0.717, 1.165) is 34.5 Å². The van der Waals surface area contributed by atoms with Crippen molar-refractivity contribution < 1.29 is 18.0 Å². The van der Waals surface area contributed by atoms with Gasteiger partial charge >= 0.3 is 6.18 Å². The predicted octanol–water partition coefficient (Wildman–Crippen LogP) is 6.59. The molecule has 0 bridgehead atoms. The number of rotatable bonds is 8. The number of alkyl halides is 3. The molecular weight excluding hydrogens is 449 g/mol. The van der Waals surface area contributed by atoms with Gasteiger partial charge < -0.3 is 10.2 Å². The van der Waals surface area contributed by atoms with Crippen LogP contribution in [-0.4, -0.2) is 19.5 Å². The first-order chi connectivity index (χ1) is 15.7. The molecule has 3 rings (SSSR count). The number of carbonyl (C=O) groups excluding carboxylic acids is 1. The van der Waals surface area contributed by atoms with Crippen LogP contribution in [0.4, 0.5) is 18.9 Å². The van der Waals surface area contributed by atoms with Gasteiger partial charge in [-0.15, -0.1) is 0 Å². The first-order valence-corrected chi connectivity index (χ1v) is 11.0. The smallest absolute Gasteiger partial charge is 0.357 e. The van der Waals surface area contributed by atoms with Gasteiger partial charge in [-0.25, -0.2) is 0 Å². The predicted molar refractivity (Wildman–Crippen MR) is 127 cm³/mol. The van der Waals surface area contributed by atoms with Crippen molar-refractivity contribution in [1.82, 2.24) is 5.32 Å². The van der Waals surface area contributed by atoms with Crippen LogP contribution in [0.25, 0.3) is 0 Å². The summed E-state index contributed by atoms with van der Waals surface area (Å²) in [6, 6.07) is 19.8. The topological polar surface area (TPSA) is 32.3 Å². The van der Waals surface area contributed by atoms with Gasteiger partial charge in [0.15, 0.2) is 0 Å². The van der Waals surface area contributed by atoms with Gasteiger partial charge in [0.25, 0.3) is 0 Å². The molecule has 0 saturated heterocycles. The number of amides is 1. The number of halogens is 4. The second-order valence-corrected chi connectivity index (χ2v) is 8.26. The molecule has 0 radical (unpaired) electrons.